The number of halogens is 3. The molecule has 2 N–H and O–H groups in total. The van der Waals surface area contributed by atoms with Gasteiger partial charge in [0, 0.05) is 25.2 Å². The molecule has 1 heterocycles. The maximum absolute atomic E-state index is 12.6. The lowest BCUT2D eigenvalue weighted by molar-refractivity contribution is -0.137. The second kappa shape index (κ2) is 5.16. The molecule has 2 rings (SSSR count). The number of hydrogen-bond donors (Lipinski definition) is 1. The Morgan fingerprint density at radius 1 is 1.15 bits per heavy atom. The number of anilines is 2. The highest BCUT2D eigenvalue weighted by Crippen LogP contribution is 2.35. The minimum Gasteiger partial charge on any atom is -0.397 e. The van der Waals surface area contributed by atoms with Crippen molar-refractivity contribution in [3.8, 4) is 0 Å². The molecule has 2 unspecified atom stereocenters. The smallest absolute Gasteiger partial charge is 0.397 e. The van der Waals surface area contributed by atoms with E-state index in [0.29, 0.717) is 17.8 Å². The van der Waals surface area contributed by atoms with Crippen LogP contribution < -0.4 is 10.6 Å². The summed E-state index contributed by atoms with van der Waals surface area (Å²) in [5.41, 5.74) is 5.99. The molecule has 6 heteroatoms. The van der Waals surface area contributed by atoms with E-state index in [1.54, 1.807) is 0 Å². The van der Waals surface area contributed by atoms with Gasteiger partial charge >= 0.3 is 6.18 Å². The lowest BCUT2D eigenvalue weighted by atomic mass is 10.1. The van der Waals surface area contributed by atoms with E-state index in [1.807, 2.05) is 0 Å². The van der Waals surface area contributed by atoms with Gasteiger partial charge in [0.25, 0.3) is 0 Å². The molecule has 112 valence electrons. The van der Waals surface area contributed by atoms with Crippen molar-refractivity contribution < 1.29 is 13.2 Å². The Bertz CT molecular complexity index is 475. The van der Waals surface area contributed by atoms with Crippen molar-refractivity contribution in [1.29, 1.82) is 0 Å². The van der Waals surface area contributed by atoms with Crippen LogP contribution in [-0.4, -0.2) is 37.1 Å². The van der Waals surface area contributed by atoms with Gasteiger partial charge in [-0.3, -0.25) is 4.90 Å². The summed E-state index contributed by atoms with van der Waals surface area (Å²) < 4.78 is 37.9. The highest BCUT2D eigenvalue weighted by atomic mass is 19.4. The third-order valence-corrected chi connectivity index (χ3v) is 4.06. The zero-order chi connectivity index (χ0) is 15.1. The molecule has 1 aliphatic rings. The number of alkyl halides is 3. The van der Waals surface area contributed by atoms with E-state index in [1.165, 1.54) is 6.07 Å². The summed E-state index contributed by atoms with van der Waals surface area (Å²) in [5, 5.41) is 0. The summed E-state index contributed by atoms with van der Waals surface area (Å²) in [7, 11) is 2.06. The summed E-state index contributed by atoms with van der Waals surface area (Å²) in [6, 6.07) is 4.26. The zero-order valence-corrected chi connectivity index (χ0v) is 11.9. The number of nitrogens with zero attached hydrogens (tertiary/aromatic N) is 2. The summed E-state index contributed by atoms with van der Waals surface area (Å²) in [6.07, 6.45) is -4.35. The summed E-state index contributed by atoms with van der Waals surface area (Å²) in [4.78, 5) is 4.32. The molecule has 0 bridgehead atoms. The number of benzene rings is 1. The summed E-state index contributed by atoms with van der Waals surface area (Å²) >= 11 is 0. The first-order valence-electron chi connectivity index (χ1n) is 6.63. The van der Waals surface area contributed by atoms with E-state index in [-0.39, 0.29) is 5.69 Å². The molecule has 1 fully saturated rings. The van der Waals surface area contributed by atoms with Crippen LogP contribution in [0.25, 0.3) is 0 Å². The van der Waals surface area contributed by atoms with Crippen molar-refractivity contribution >= 4 is 11.4 Å². The third-order valence-electron chi connectivity index (χ3n) is 4.06. The number of nitrogens with two attached hydrogens (primary N) is 1. The first-order valence-corrected chi connectivity index (χ1v) is 6.63. The van der Waals surface area contributed by atoms with Crippen LogP contribution in [-0.2, 0) is 6.18 Å². The molecular formula is C14H20F3N3. The van der Waals surface area contributed by atoms with Gasteiger partial charge in [-0.2, -0.15) is 13.2 Å². The van der Waals surface area contributed by atoms with Crippen molar-refractivity contribution in [3.05, 3.63) is 23.8 Å². The molecular weight excluding hydrogens is 267 g/mol. The second-order valence-electron chi connectivity index (χ2n) is 5.54. The summed E-state index contributed by atoms with van der Waals surface area (Å²) in [5.74, 6) is 0. The van der Waals surface area contributed by atoms with Gasteiger partial charge in [0.15, 0.2) is 0 Å². The number of nitrogen functional groups attached to an aromatic ring is 1. The van der Waals surface area contributed by atoms with Gasteiger partial charge in [0.05, 0.1) is 16.9 Å². The Balaban J connectivity index is 2.26. The van der Waals surface area contributed by atoms with Crippen LogP contribution in [0.3, 0.4) is 0 Å². The average Bonchev–Trinajstić information content (AvgIpc) is 2.34. The van der Waals surface area contributed by atoms with Crippen molar-refractivity contribution in [2.45, 2.75) is 32.1 Å². The van der Waals surface area contributed by atoms with Crippen LogP contribution in [0.4, 0.5) is 24.5 Å². The predicted molar refractivity (Wildman–Crippen MR) is 74.8 cm³/mol. The van der Waals surface area contributed by atoms with Crippen molar-refractivity contribution in [2.75, 3.05) is 30.8 Å². The minimum absolute atomic E-state index is 0.184. The maximum Gasteiger partial charge on any atom is 0.416 e. The molecule has 0 radical (unpaired) electrons. The molecule has 0 aliphatic carbocycles. The molecule has 0 spiro atoms. The molecule has 0 amide bonds. The van der Waals surface area contributed by atoms with E-state index >= 15 is 0 Å². The molecule has 0 aromatic heterocycles. The predicted octanol–water partition coefficient (Wildman–Crippen LogP) is 2.82. The van der Waals surface area contributed by atoms with Gasteiger partial charge in [-0.1, -0.05) is 0 Å². The second-order valence-corrected chi connectivity index (χ2v) is 5.54. The van der Waals surface area contributed by atoms with E-state index in [0.717, 1.165) is 25.2 Å². The average molecular weight is 287 g/mol. The lowest BCUT2D eigenvalue weighted by Gasteiger charge is -2.43. The van der Waals surface area contributed by atoms with Crippen LogP contribution >= 0.6 is 0 Å². The zero-order valence-electron chi connectivity index (χ0n) is 11.9. The van der Waals surface area contributed by atoms with Crippen LogP contribution in [0, 0.1) is 0 Å². The fourth-order valence-corrected chi connectivity index (χ4v) is 2.62. The fourth-order valence-electron chi connectivity index (χ4n) is 2.62. The molecule has 1 saturated heterocycles. The van der Waals surface area contributed by atoms with Gasteiger partial charge < -0.3 is 10.6 Å². The van der Waals surface area contributed by atoms with Crippen LogP contribution in [0.15, 0.2) is 18.2 Å². The van der Waals surface area contributed by atoms with E-state index < -0.39 is 11.7 Å². The van der Waals surface area contributed by atoms with Gasteiger partial charge in [-0.25, -0.2) is 0 Å². The first kappa shape index (κ1) is 15.0. The van der Waals surface area contributed by atoms with E-state index in [4.69, 9.17) is 5.73 Å². The lowest BCUT2D eigenvalue weighted by Crippen LogP contribution is -2.55. The Labute approximate surface area is 117 Å². The fraction of sp³-hybridized carbons (Fsp3) is 0.571. The van der Waals surface area contributed by atoms with Crippen molar-refractivity contribution in [2.24, 2.45) is 0 Å². The first-order chi connectivity index (χ1) is 9.20. The standard InChI is InChI=1S/C14H20F3N3/c1-9-7-20(8-10(2)19(9)3)13-5-4-11(6-12(13)18)14(15,16)17/h4-6,9-10H,7-8,18H2,1-3H3. The molecule has 2 atom stereocenters. The Hall–Kier alpha value is -1.43. The van der Waals surface area contributed by atoms with Crippen LogP contribution in [0.1, 0.15) is 19.4 Å². The highest BCUT2D eigenvalue weighted by molar-refractivity contribution is 5.69. The molecule has 1 aromatic rings. The maximum atomic E-state index is 12.6. The number of piperazine rings is 1. The Kier molecular flexibility index (Phi) is 3.86. The Morgan fingerprint density at radius 2 is 1.70 bits per heavy atom. The minimum atomic E-state index is -4.35. The molecule has 1 aromatic carbocycles. The summed E-state index contributed by atoms with van der Waals surface area (Å²) in [6.45, 7) is 5.72. The van der Waals surface area contributed by atoms with Crippen LogP contribution in [0.5, 0.6) is 0 Å². The molecule has 1 aliphatic heterocycles. The van der Waals surface area contributed by atoms with E-state index in [9.17, 15) is 13.2 Å². The number of rotatable bonds is 1. The van der Waals surface area contributed by atoms with Gasteiger partial charge in [0.2, 0.25) is 0 Å². The molecule has 3 nitrogen and oxygen atoms in total. The van der Waals surface area contributed by atoms with Gasteiger partial charge in [0.1, 0.15) is 0 Å². The largest absolute Gasteiger partial charge is 0.416 e. The highest BCUT2D eigenvalue weighted by Gasteiger charge is 2.32. The number of hydrogen-bond acceptors (Lipinski definition) is 3. The third kappa shape index (κ3) is 2.85. The quantitative estimate of drug-likeness (QED) is 0.806. The van der Waals surface area contributed by atoms with Gasteiger partial charge in [-0.15, -0.1) is 0 Å². The molecule has 0 saturated carbocycles. The number of likely N-dealkylation sites (N-methyl/N-ethyl adjacent to an activating group) is 1. The van der Waals surface area contributed by atoms with Crippen molar-refractivity contribution in [3.63, 3.8) is 0 Å². The molecule has 20 heavy (non-hydrogen) atoms. The van der Waals surface area contributed by atoms with Crippen LogP contribution in [0.2, 0.25) is 0 Å². The monoisotopic (exact) mass is 287 g/mol. The SMILES string of the molecule is CC1CN(c2ccc(C(F)(F)F)cc2N)CC(C)N1C. The van der Waals surface area contributed by atoms with Crippen molar-refractivity contribution in [1.82, 2.24) is 4.90 Å². The van der Waals surface area contributed by atoms with E-state index in [2.05, 4.69) is 30.7 Å². The van der Waals surface area contributed by atoms with Gasteiger partial charge in [-0.05, 0) is 39.1 Å². The normalized spacial score (nSPS) is 25.0. The Morgan fingerprint density at radius 3 is 2.15 bits per heavy atom. The topological polar surface area (TPSA) is 32.5 Å².